The highest BCUT2D eigenvalue weighted by atomic mass is 16.5. The molecule has 134 valence electrons. The minimum Gasteiger partial charge on any atom is -0.494 e. The summed E-state index contributed by atoms with van der Waals surface area (Å²) in [6, 6.07) is 3.60. The van der Waals surface area contributed by atoms with Crippen molar-refractivity contribution in [2.75, 3.05) is 19.8 Å². The van der Waals surface area contributed by atoms with Gasteiger partial charge in [-0.1, -0.05) is 6.92 Å². The largest absolute Gasteiger partial charge is 0.494 e. The van der Waals surface area contributed by atoms with Crippen LogP contribution in [0.4, 0.5) is 0 Å². The molecule has 0 aliphatic heterocycles. The van der Waals surface area contributed by atoms with E-state index < -0.39 is 0 Å². The molecular weight excluding hydrogens is 308 g/mol. The zero-order valence-corrected chi connectivity index (χ0v) is 15.3. The van der Waals surface area contributed by atoms with Crippen LogP contribution in [-0.4, -0.2) is 31.9 Å². The zero-order valence-electron chi connectivity index (χ0n) is 15.3. The van der Waals surface area contributed by atoms with Crippen LogP contribution in [-0.2, 0) is 9.53 Å². The van der Waals surface area contributed by atoms with Gasteiger partial charge in [-0.2, -0.15) is 0 Å². The van der Waals surface area contributed by atoms with Gasteiger partial charge in [0.1, 0.15) is 17.2 Å². The lowest BCUT2D eigenvalue weighted by molar-refractivity contribution is -0.142. The molecule has 0 heterocycles. The van der Waals surface area contributed by atoms with Gasteiger partial charge in [0.25, 0.3) is 0 Å². The fraction of sp³-hybridized carbons (Fsp3) is 0.526. The molecule has 1 atom stereocenters. The summed E-state index contributed by atoms with van der Waals surface area (Å²) in [5.41, 5.74) is 0.697. The van der Waals surface area contributed by atoms with Crippen LogP contribution in [0.5, 0.6) is 17.2 Å². The Balaban J connectivity index is 3.14. The van der Waals surface area contributed by atoms with E-state index in [0.717, 1.165) is 6.42 Å². The summed E-state index contributed by atoms with van der Waals surface area (Å²) in [6.45, 7) is 11.1. The van der Waals surface area contributed by atoms with Crippen LogP contribution in [0.3, 0.4) is 0 Å². The molecule has 0 amide bonds. The van der Waals surface area contributed by atoms with Gasteiger partial charge >= 0.3 is 5.97 Å². The number of ether oxygens (including phenoxy) is 4. The van der Waals surface area contributed by atoms with Crippen LogP contribution in [0.25, 0.3) is 6.08 Å². The summed E-state index contributed by atoms with van der Waals surface area (Å²) in [6.07, 6.45) is 3.72. The lowest BCUT2D eigenvalue weighted by Gasteiger charge is -2.15. The van der Waals surface area contributed by atoms with Gasteiger partial charge in [0, 0.05) is 18.2 Å². The Labute approximate surface area is 144 Å². The molecule has 0 fully saturated rings. The van der Waals surface area contributed by atoms with Gasteiger partial charge < -0.3 is 18.9 Å². The number of rotatable bonds is 10. The molecular formula is C19H28O5. The third-order valence-electron chi connectivity index (χ3n) is 3.27. The first kappa shape index (κ1) is 19.9. The molecule has 0 saturated heterocycles. The summed E-state index contributed by atoms with van der Waals surface area (Å²) in [4.78, 5) is 11.9. The van der Waals surface area contributed by atoms with Crippen LogP contribution in [0.1, 0.15) is 46.6 Å². The van der Waals surface area contributed by atoms with E-state index in [2.05, 4.69) is 0 Å². The second-order valence-electron chi connectivity index (χ2n) is 5.12. The van der Waals surface area contributed by atoms with E-state index in [9.17, 15) is 4.79 Å². The zero-order chi connectivity index (χ0) is 17.9. The maximum absolute atomic E-state index is 11.9. The molecule has 24 heavy (non-hydrogen) atoms. The molecule has 0 bridgehead atoms. The van der Waals surface area contributed by atoms with Gasteiger partial charge in [0.15, 0.2) is 0 Å². The van der Waals surface area contributed by atoms with Crippen LogP contribution in [0, 0.1) is 0 Å². The minimum atomic E-state index is -0.386. The second kappa shape index (κ2) is 10.6. The molecule has 0 spiro atoms. The number of esters is 1. The van der Waals surface area contributed by atoms with Gasteiger partial charge in [0.05, 0.1) is 31.5 Å². The maximum atomic E-state index is 11.9. The fourth-order valence-corrected chi connectivity index (χ4v) is 2.01. The summed E-state index contributed by atoms with van der Waals surface area (Å²) in [5, 5.41) is 0. The van der Waals surface area contributed by atoms with Crippen LogP contribution >= 0.6 is 0 Å². The smallest absolute Gasteiger partial charge is 0.331 e. The Hall–Kier alpha value is -2.17. The second-order valence-corrected chi connectivity index (χ2v) is 5.12. The molecule has 1 aromatic rings. The van der Waals surface area contributed by atoms with Crippen molar-refractivity contribution >= 4 is 12.0 Å². The highest BCUT2D eigenvalue weighted by Crippen LogP contribution is 2.35. The number of hydrogen-bond donors (Lipinski definition) is 0. The Kier molecular flexibility index (Phi) is 8.76. The molecule has 5 nitrogen and oxygen atoms in total. The van der Waals surface area contributed by atoms with Crippen molar-refractivity contribution in [3.8, 4) is 17.2 Å². The lowest BCUT2D eigenvalue weighted by atomic mass is 10.1. The first-order valence-electron chi connectivity index (χ1n) is 8.50. The summed E-state index contributed by atoms with van der Waals surface area (Å²) >= 11 is 0. The molecule has 1 aromatic carbocycles. The van der Waals surface area contributed by atoms with Gasteiger partial charge in [-0.15, -0.1) is 0 Å². The van der Waals surface area contributed by atoms with E-state index in [0.29, 0.717) is 42.6 Å². The molecule has 0 radical (unpaired) electrons. The first-order valence-corrected chi connectivity index (χ1v) is 8.50. The number of hydrogen-bond acceptors (Lipinski definition) is 5. The molecule has 0 saturated carbocycles. The molecule has 0 aliphatic carbocycles. The number of carbonyl (C=O) groups is 1. The third kappa shape index (κ3) is 6.14. The fourth-order valence-electron chi connectivity index (χ4n) is 2.01. The molecule has 0 aromatic heterocycles. The normalized spacial score (nSPS) is 12.0. The average Bonchev–Trinajstić information content (AvgIpc) is 2.55. The van der Waals surface area contributed by atoms with Gasteiger partial charge in [-0.3, -0.25) is 0 Å². The predicted molar refractivity (Wildman–Crippen MR) is 94.8 cm³/mol. The van der Waals surface area contributed by atoms with Crippen molar-refractivity contribution < 1.29 is 23.7 Å². The Morgan fingerprint density at radius 2 is 1.54 bits per heavy atom. The van der Waals surface area contributed by atoms with E-state index in [-0.39, 0.29) is 12.1 Å². The maximum Gasteiger partial charge on any atom is 0.331 e. The predicted octanol–water partition coefficient (Wildman–Crippen LogP) is 4.24. The third-order valence-corrected chi connectivity index (χ3v) is 3.27. The molecule has 1 rings (SSSR count). The SMILES string of the molecule is CCOc1cc(OCC)c(C=CC(=O)OC(C)CC)c(OCC)c1. The van der Waals surface area contributed by atoms with Crippen molar-refractivity contribution in [3.63, 3.8) is 0 Å². The van der Waals surface area contributed by atoms with Crippen molar-refractivity contribution in [1.29, 1.82) is 0 Å². The van der Waals surface area contributed by atoms with E-state index in [1.165, 1.54) is 6.08 Å². The van der Waals surface area contributed by atoms with Gasteiger partial charge in [0.2, 0.25) is 0 Å². The Morgan fingerprint density at radius 3 is 2.00 bits per heavy atom. The van der Waals surface area contributed by atoms with Crippen molar-refractivity contribution in [2.45, 2.75) is 47.1 Å². The standard InChI is InChI=1S/C19H28O5/c1-6-14(5)24-19(20)11-10-16-17(22-8-3)12-15(21-7-2)13-18(16)23-9-4/h10-14H,6-9H2,1-5H3. The van der Waals surface area contributed by atoms with Crippen molar-refractivity contribution in [2.24, 2.45) is 0 Å². The Morgan fingerprint density at radius 1 is 1.00 bits per heavy atom. The van der Waals surface area contributed by atoms with Crippen molar-refractivity contribution in [1.82, 2.24) is 0 Å². The number of carbonyl (C=O) groups excluding carboxylic acids is 1. The monoisotopic (exact) mass is 336 g/mol. The molecule has 0 aliphatic rings. The lowest BCUT2D eigenvalue weighted by Crippen LogP contribution is -2.11. The molecule has 1 unspecified atom stereocenters. The van der Waals surface area contributed by atoms with Gasteiger partial charge in [-0.05, 0) is 40.2 Å². The molecule has 5 heteroatoms. The van der Waals surface area contributed by atoms with Crippen LogP contribution in [0.15, 0.2) is 18.2 Å². The van der Waals surface area contributed by atoms with Crippen molar-refractivity contribution in [3.05, 3.63) is 23.8 Å². The van der Waals surface area contributed by atoms with Crippen LogP contribution in [0.2, 0.25) is 0 Å². The van der Waals surface area contributed by atoms with E-state index in [1.54, 1.807) is 18.2 Å². The topological polar surface area (TPSA) is 54.0 Å². The highest BCUT2D eigenvalue weighted by Gasteiger charge is 2.13. The summed E-state index contributed by atoms with van der Waals surface area (Å²) < 4.78 is 22.2. The quantitative estimate of drug-likeness (QED) is 0.472. The first-order chi connectivity index (χ1) is 11.5. The van der Waals surface area contributed by atoms with Gasteiger partial charge in [-0.25, -0.2) is 4.79 Å². The average molecular weight is 336 g/mol. The number of benzene rings is 1. The minimum absolute atomic E-state index is 0.111. The highest BCUT2D eigenvalue weighted by molar-refractivity contribution is 5.88. The Bertz CT molecular complexity index is 524. The summed E-state index contributed by atoms with van der Waals surface area (Å²) in [5.74, 6) is 1.51. The van der Waals surface area contributed by atoms with E-state index >= 15 is 0 Å². The molecule has 0 N–H and O–H groups in total. The van der Waals surface area contributed by atoms with Crippen LogP contribution < -0.4 is 14.2 Å². The summed E-state index contributed by atoms with van der Waals surface area (Å²) in [7, 11) is 0. The van der Waals surface area contributed by atoms with E-state index in [1.807, 2.05) is 34.6 Å². The van der Waals surface area contributed by atoms with E-state index in [4.69, 9.17) is 18.9 Å².